The van der Waals surface area contributed by atoms with Crippen molar-refractivity contribution in [1.82, 2.24) is 4.72 Å². The van der Waals surface area contributed by atoms with Gasteiger partial charge in [0.2, 0.25) is 10.0 Å². The van der Waals surface area contributed by atoms with E-state index in [2.05, 4.69) is 20.7 Å². The van der Waals surface area contributed by atoms with Gasteiger partial charge in [0.25, 0.3) is 0 Å². The molecule has 0 aromatic heterocycles. The highest BCUT2D eigenvalue weighted by Gasteiger charge is 2.30. The number of rotatable bonds is 9. The third kappa shape index (κ3) is 5.82. The summed E-state index contributed by atoms with van der Waals surface area (Å²) in [7, 11) is -3.97. The Balaban J connectivity index is 2.03. The molecule has 6 N–H and O–H groups in total. The Hall–Kier alpha value is -1.37. The molecule has 2 aromatic rings. The van der Waals surface area contributed by atoms with Gasteiger partial charge in [-0.15, -0.1) is 0 Å². The summed E-state index contributed by atoms with van der Waals surface area (Å²) in [5.41, 5.74) is 1.73. The minimum Gasteiger partial charge on any atom is -0.394 e. The first-order chi connectivity index (χ1) is 13.2. The average Bonchev–Trinajstić information content (AvgIpc) is 2.71. The molecular weight excluding hydrogens is 454 g/mol. The summed E-state index contributed by atoms with van der Waals surface area (Å²) in [6.45, 7) is -1.41. The summed E-state index contributed by atoms with van der Waals surface area (Å²) in [4.78, 5) is -0.0361. The molecule has 0 radical (unpaired) electrons. The Labute approximate surface area is 171 Å². The number of halogens is 1. The van der Waals surface area contributed by atoms with Crippen LogP contribution >= 0.6 is 15.9 Å². The maximum absolute atomic E-state index is 12.3. The van der Waals surface area contributed by atoms with Crippen molar-refractivity contribution in [2.24, 2.45) is 0 Å². The van der Waals surface area contributed by atoms with Crippen LogP contribution < -0.4 is 4.72 Å². The molecule has 0 bridgehead atoms. The topological polar surface area (TPSA) is 147 Å². The van der Waals surface area contributed by atoms with E-state index in [0.29, 0.717) is 0 Å². The van der Waals surface area contributed by atoms with Crippen LogP contribution in [-0.4, -0.2) is 71.5 Å². The van der Waals surface area contributed by atoms with Crippen LogP contribution in [0.3, 0.4) is 0 Å². The third-order valence-corrected chi connectivity index (χ3v) is 6.12. The number of benzene rings is 2. The zero-order valence-electron chi connectivity index (χ0n) is 14.7. The first-order valence-electron chi connectivity index (χ1n) is 8.34. The van der Waals surface area contributed by atoms with Crippen LogP contribution in [0.15, 0.2) is 57.9 Å². The number of hydrogen-bond acceptors (Lipinski definition) is 7. The van der Waals surface area contributed by atoms with Crippen molar-refractivity contribution in [2.75, 3.05) is 13.2 Å². The summed E-state index contributed by atoms with van der Waals surface area (Å²) in [6, 6.07) is 13.6. The lowest BCUT2D eigenvalue weighted by Crippen LogP contribution is -2.49. The van der Waals surface area contributed by atoms with Crippen LogP contribution in [0.5, 0.6) is 0 Å². The Morgan fingerprint density at radius 2 is 1.29 bits per heavy atom. The lowest BCUT2D eigenvalue weighted by Gasteiger charge is -2.25. The molecule has 2 aromatic carbocycles. The lowest BCUT2D eigenvalue weighted by molar-refractivity contribution is -0.113. The SMILES string of the molecule is O=S(=O)(NC[C@H](O)[C@@H](O)[C@H](O)[C@H](O)CO)c1ccc(-c2ccc(Br)cc2)cc1. The minimum absolute atomic E-state index is 0.0361. The first-order valence-corrected chi connectivity index (χ1v) is 10.6. The monoisotopic (exact) mass is 475 g/mol. The van der Waals surface area contributed by atoms with E-state index in [0.717, 1.165) is 15.6 Å². The highest BCUT2D eigenvalue weighted by molar-refractivity contribution is 9.10. The van der Waals surface area contributed by atoms with Crippen molar-refractivity contribution in [3.05, 3.63) is 53.0 Å². The van der Waals surface area contributed by atoms with Crippen LogP contribution in [0.1, 0.15) is 0 Å². The molecule has 0 aliphatic rings. The molecule has 0 saturated heterocycles. The molecule has 0 heterocycles. The number of aliphatic hydroxyl groups is 5. The van der Waals surface area contributed by atoms with Crippen molar-refractivity contribution in [1.29, 1.82) is 0 Å². The van der Waals surface area contributed by atoms with Gasteiger partial charge in [-0.1, -0.05) is 40.2 Å². The molecule has 0 unspecified atom stereocenters. The van der Waals surface area contributed by atoms with Crippen molar-refractivity contribution in [3.63, 3.8) is 0 Å². The minimum atomic E-state index is -3.97. The van der Waals surface area contributed by atoms with E-state index < -0.39 is 47.6 Å². The van der Waals surface area contributed by atoms with E-state index in [-0.39, 0.29) is 4.90 Å². The van der Waals surface area contributed by atoms with E-state index >= 15 is 0 Å². The van der Waals surface area contributed by atoms with Gasteiger partial charge in [0.05, 0.1) is 17.6 Å². The molecule has 0 saturated carbocycles. The number of nitrogens with one attached hydrogen (secondary N) is 1. The number of hydrogen-bond donors (Lipinski definition) is 6. The van der Waals surface area contributed by atoms with E-state index in [9.17, 15) is 28.8 Å². The van der Waals surface area contributed by atoms with Crippen LogP contribution in [-0.2, 0) is 10.0 Å². The Morgan fingerprint density at radius 1 is 0.821 bits per heavy atom. The fourth-order valence-electron chi connectivity index (χ4n) is 2.43. The normalized spacial score (nSPS) is 16.4. The second-order valence-electron chi connectivity index (χ2n) is 6.18. The molecule has 4 atom stereocenters. The van der Waals surface area contributed by atoms with Gasteiger partial charge >= 0.3 is 0 Å². The molecule has 8 nitrogen and oxygen atoms in total. The maximum atomic E-state index is 12.3. The molecule has 0 spiro atoms. The van der Waals surface area contributed by atoms with Crippen molar-refractivity contribution < 1.29 is 34.0 Å². The number of aliphatic hydroxyl groups excluding tert-OH is 5. The average molecular weight is 476 g/mol. The molecule has 0 fully saturated rings. The molecule has 10 heteroatoms. The van der Waals surface area contributed by atoms with Crippen molar-refractivity contribution in [2.45, 2.75) is 29.3 Å². The van der Waals surface area contributed by atoms with Crippen LogP contribution in [0.4, 0.5) is 0 Å². The molecule has 2 rings (SSSR count). The second-order valence-corrected chi connectivity index (χ2v) is 8.86. The van der Waals surface area contributed by atoms with Gasteiger partial charge in [-0.25, -0.2) is 13.1 Å². The molecule has 0 aliphatic carbocycles. The van der Waals surface area contributed by atoms with E-state index in [1.54, 1.807) is 12.1 Å². The third-order valence-electron chi connectivity index (χ3n) is 4.15. The van der Waals surface area contributed by atoms with Gasteiger partial charge in [0, 0.05) is 11.0 Å². The van der Waals surface area contributed by atoms with E-state index in [1.165, 1.54) is 12.1 Å². The standard InChI is InChI=1S/C18H22BrNO7S/c19-13-5-1-11(2-6-13)12-3-7-14(8-4-12)28(26,27)20-9-15(22)17(24)18(25)16(23)10-21/h1-8,15-18,20-25H,9-10H2/t15-,16+,17+,18+/m0/s1. The smallest absolute Gasteiger partial charge is 0.240 e. The molecular formula is C18H22BrNO7S. The Morgan fingerprint density at radius 3 is 1.79 bits per heavy atom. The second kappa shape index (κ2) is 9.90. The van der Waals surface area contributed by atoms with Gasteiger partial charge in [0.1, 0.15) is 18.3 Å². The Bertz CT molecular complexity index is 859. The van der Waals surface area contributed by atoms with E-state index in [4.69, 9.17) is 5.11 Å². The van der Waals surface area contributed by atoms with Gasteiger partial charge in [0.15, 0.2) is 0 Å². The quantitative estimate of drug-likeness (QED) is 0.295. The van der Waals surface area contributed by atoms with Gasteiger partial charge in [-0.3, -0.25) is 0 Å². The number of sulfonamides is 1. The van der Waals surface area contributed by atoms with Gasteiger partial charge in [-0.2, -0.15) is 0 Å². The summed E-state index contributed by atoms with van der Waals surface area (Å²) in [5.74, 6) is 0. The molecule has 28 heavy (non-hydrogen) atoms. The lowest BCUT2D eigenvalue weighted by atomic mass is 10.0. The van der Waals surface area contributed by atoms with E-state index in [1.807, 2.05) is 24.3 Å². The predicted octanol–water partition coefficient (Wildman–Crippen LogP) is -0.170. The summed E-state index contributed by atoms with van der Waals surface area (Å²) in [6.07, 6.45) is -7.01. The Kier molecular flexibility index (Phi) is 8.10. The van der Waals surface area contributed by atoms with Gasteiger partial charge in [-0.05, 0) is 35.4 Å². The molecule has 0 amide bonds. The fourth-order valence-corrected chi connectivity index (χ4v) is 3.75. The van der Waals surface area contributed by atoms with Crippen molar-refractivity contribution in [3.8, 4) is 11.1 Å². The van der Waals surface area contributed by atoms with Crippen molar-refractivity contribution >= 4 is 26.0 Å². The highest BCUT2D eigenvalue weighted by Crippen LogP contribution is 2.23. The maximum Gasteiger partial charge on any atom is 0.240 e. The van der Waals surface area contributed by atoms with Crippen LogP contribution in [0.2, 0.25) is 0 Å². The zero-order chi connectivity index (χ0) is 20.9. The summed E-state index contributed by atoms with van der Waals surface area (Å²) in [5, 5.41) is 47.1. The molecule has 0 aliphatic heterocycles. The fraction of sp³-hybridized carbons (Fsp3) is 0.333. The summed E-state index contributed by atoms with van der Waals surface area (Å²) >= 11 is 3.35. The zero-order valence-corrected chi connectivity index (χ0v) is 17.1. The highest BCUT2D eigenvalue weighted by atomic mass is 79.9. The van der Waals surface area contributed by atoms with Crippen LogP contribution in [0, 0.1) is 0 Å². The summed E-state index contributed by atoms with van der Waals surface area (Å²) < 4.78 is 27.8. The van der Waals surface area contributed by atoms with Crippen LogP contribution in [0.25, 0.3) is 11.1 Å². The first kappa shape index (κ1) is 22.9. The largest absolute Gasteiger partial charge is 0.394 e. The molecule has 154 valence electrons. The predicted molar refractivity (Wildman–Crippen MR) is 106 cm³/mol. The van der Waals surface area contributed by atoms with Gasteiger partial charge < -0.3 is 25.5 Å².